The normalized spacial score (nSPS) is 29.1. The van der Waals surface area contributed by atoms with Crippen LogP contribution in [0.3, 0.4) is 0 Å². The average molecular weight is 489 g/mol. The molecule has 2 aromatic rings. The number of carbonyl (C=O) groups excluding carboxylic acids is 1. The van der Waals surface area contributed by atoms with E-state index in [1.165, 1.54) is 17.7 Å². The maximum Gasteiger partial charge on any atom is 0.273 e. The molecule has 1 amide bonds. The predicted molar refractivity (Wildman–Crippen MR) is 126 cm³/mol. The summed E-state index contributed by atoms with van der Waals surface area (Å²) in [7, 11) is 0. The summed E-state index contributed by atoms with van der Waals surface area (Å²) in [6.45, 7) is 1.79. The maximum absolute atomic E-state index is 13.7. The fourth-order valence-corrected chi connectivity index (χ4v) is 5.50. The molecule has 6 nitrogen and oxygen atoms in total. The molecule has 3 atom stereocenters. The Morgan fingerprint density at radius 3 is 2.59 bits per heavy atom. The van der Waals surface area contributed by atoms with Gasteiger partial charge < -0.3 is 10.8 Å². The monoisotopic (exact) mass is 488 g/mol. The van der Waals surface area contributed by atoms with Gasteiger partial charge in [0.2, 0.25) is 5.91 Å². The summed E-state index contributed by atoms with van der Waals surface area (Å²) in [5.41, 5.74) is 8.60. The van der Waals surface area contributed by atoms with Crippen LogP contribution in [0, 0.1) is 0 Å². The largest absolute Gasteiger partial charge is 0.387 e. The Kier molecular flexibility index (Phi) is 5.64. The van der Waals surface area contributed by atoms with Gasteiger partial charge in [-0.15, -0.1) is 0 Å². The second kappa shape index (κ2) is 8.27. The summed E-state index contributed by atoms with van der Waals surface area (Å²) in [5, 5.41) is 10.3. The third-order valence-electron chi connectivity index (χ3n) is 7.20. The summed E-state index contributed by atoms with van der Waals surface area (Å²) < 4.78 is 27.5. The molecule has 0 spiro atoms. The van der Waals surface area contributed by atoms with Crippen molar-refractivity contribution in [1.29, 1.82) is 0 Å². The lowest BCUT2D eigenvalue weighted by Gasteiger charge is -2.43. The van der Waals surface area contributed by atoms with Gasteiger partial charge in [0, 0.05) is 47.8 Å². The lowest BCUT2D eigenvalue weighted by molar-refractivity contribution is -0.151. The number of aromatic nitrogens is 1. The number of nitrogens with zero attached hydrogens (tertiary/aromatic N) is 3. The Bertz CT molecular complexity index is 1150. The van der Waals surface area contributed by atoms with Gasteiger partial charge in [-0.1, -0.05) is 35.9 Å². The third-order valence-corrected chi connectivity index (χ3v) is 7.61. The molecule has 3 N–H and O–H groups in total. The summed E-state index contributed by atoms with van der Waals surface area (Å²) in [6.07, 6.45) is 1.63. The number of aliphatic hydroxyl groups is 1. The third kappa shape index (κ3) is 4.07. The van der Waals surface area contributed by atoms with Gasteiger partial charge >= 0.3 is 0 Å². The number of nitrogens with two attached hydrogens (primary N) is 1. The Morgan fingerprint density at radius 2 is 1.97 bits per heavy atom. The van der Waals surface area contributed by atoms with Gasteiger partial charge in [0.1, 0.15) is 6.10 Å². The molecule has 2 aliphatic carbocycles. The second-order valence-electron chi connectivity index (χ2n) is 9.80. The first-order valence-electron chi connectivity index (χ1n) is 11.6. The highest BCUT2D eigenvalue weighted by atomic mass is 35.5. The summed E-state index contributed by atoms with van der Waals surface area (Å²) in [5.74, 6) is -2.97. The second-order valence-corrected chi connectivity index (χ2v) is 10.2. The number of aliphatic hydroxyl groups excluding tert-OH is 1. The molecule has 0 saturated heterocycles. The molecule has 0 bridgehead atoms. The number of pyridine rings is 1. The van der Waals surface area contributed by atoms with E-state index in [1.807, 2.05) is 36.5 Å². The Labute approximate surface area is 201 Å². The van der Waals surface area contributed by atoms with E-state index in [0.717, 1.165) is 16.8 Å². The van der Waals surface area contributed by atoms with Crippen LogP contribution in [0.2, 0.25) is 5.02 Å². The van der Waals surface area contributed by atoms with Gasteiger partial charge in [-0.2, -0.15) is 0 Å². The van der Waals surface area contributed by atoms with Crippen molar-refractivity contribution in [2.45, 2.75) is 75.0 Å². The van der Waals surface area contributed by atoms with Gasteiger partial charge in [0.15, 0.2) is 5.96 Å². The molecule has 1 aromatic heterocycles. The van der Waals surface area contributed by atoms with E-state index in [2.05, 4.69) is 9.98 Å². The van der Waals surface area contributed by atoms with E-state index in [1.54, 1.807) is 6.92 Å². The maximum atomic E-state index is 13.7. The number of carbonyl (C=O) groups is 1. The van der Waals surface area contributed by atoms with Crippen LogP contribution in [0.25, 0.3) is 11.1 Å². The van der Waals surface area contributed by atoms with E-state index < -0.39 is 30.0 Å². The molecule has 0 radical (unpaired) electrons. The Hall–Kier alpha value is -2.58. The van der Waals surface area contributed by atoms with E-state index in [0.29, 0.717) is 16.5 Å². The van der Waals surface area contributed by atoms with Crippen molar-refractivity contribution in [1.82, 2.24) is 9.88 Å². The molecule has 2 fully saturated rings. The zero-order valence-corrected chi connectivity index (χ0v) is 19.6. The van der Waals surface area contributed by atoms with Crippen LogP contribution in [-0.4, -0.2) is 44.9 Å². The molecule has 0 unspecified atom stereocenters. The quantitative estimate of drug-likeness (QED) is 0.658. The van der Waals surface area contributed by atoms with Crippen LogP contribution in [0.1, 0.15) is 62.6 Å². The highest BCUT2D eigenvalue weighted by molar-refractivity contribution is 6.34. The van der Waals surface area contributed by atoms with E-state index in [4.69, 9.17) is 17.3 Å². The van der Waals surface area contributed by atoms with Gasteiger partial charge in [0.05, 0.1) is 17.0 Å². The number of benzene rings is 1. The highest BCUT2D eigenvalue weighted by Crippen LogP contribution is 2.44. The zero-order valence-electron chi connectivity index (χ0n) is 18.8. The van der Waals surface area contributed by atoms with Crippen molar-refractivity contribution in [3.8, 4) is 11.1 Å². The first-order valence-corrected chi connectivity index (χ1v) is 12.0. The minimum atomic E-state index is -3.16. The first-order chi connectivity index (χ1) is 16.1. The molecule has 2 saturated carbocycles. The van der Waals surface area contributed by atoms with Crippen molar-refractivity contribution in [2.24, 2.45) is 10.7 Å². The van der Waals surface area contributed by atoms with Gasteiger partial charge in [-0.3, -0.25) is 14.7 Å². The van der Waals surface area contributed by atoms with Crippen molar-refractivity contribution >= 4 is 23.5 Å². The Balaban J connectivity index is 1.44. The topological polar surface area (TPSA) is 91.8 Å². The van der Waals surface area contributed by atoms with Crippen LogP contribution < -0.4 is 5.73 Å². The summed E-state index contributed by atoms with van der Waals surface area (Å²) >= 11 is 6.83. The van der Waals surface area contributed by atoms with Crippen LogP contribution in [0.4, 0.5) is 8.78 Å². The van der Waals surface area contributed by atoms with E-state index >= 15 is 0 Å². The average Bonchev–Trinajstić information content (AvgIpc) is 3.61. The molecular weight excluding hydrogens is 462 g/mol. The van der Waals surface area contributed by atoms with Crippen LogP contribution in [0.15, 0.2) is 41.5 Å². The first kappa shape index (κ1) is 23.2. The summed E-state index contributed by atoms with van der Waals surface area (Å²) in [4.78, 5) is 23.6. The fourth-order valence-electron chi connectivity index (χ4n) is 5.06. The Morgan fingerprint density at radius 1 is 1.21 bits per heavy atom. The molecule has 1 aromatic carbocycles. The number of aliphatic imine (C=N–C) groups is 1. The highest BCUT2D eigenvalue weighted by Gasteiger charge is 2.48. The lowest BCUT2D eigenvalue weighted by Crippen LogP contribution is -2.57. The van der Waals surface area contributed by atoms with Crippen molar-refractivity contribution in [2.75, 3.05) is 0 Å². The SMILES string of the molecule is C[C@@]1(c2cccc(-c3ccc(C4CC4)nc3)c2Cl)CC(=O)N([C@H]2CCC(F)(F)[C@@H](O)C2)C(N)=N1. The minimum absolute atomic E-state index is 0.0151. The number of amides is 1. The smallest absolute Gasteiger partial charge is 0.273 e. The summed E-state index contributed by atoms with van der Waals surface area (Å²) in [6, 6.07) is 8.99. The van der Waals surface area contributed by atoms with Crippen molar-refractivity contribution in [3.05, 3.63) is 52.8 Å². The van der Waals surface area contributed by atoms with Gasteiger partial charge in [-0.05, 0) is 37.8 Å². The number of guanidine groups is 1. The van der Waals surface area contributed by atoms with Gasteiger partial charge in [0.25, 0.3) is 5.92 Å². The number of hydrogen-bond donors (Lipinski definition) is 2. The van der Waals surface area contributed by atoms with Crippen LogP contribution in [0.5, 0.6) is 0 Å². The molecule has 3 aliphatic rings. The van der Waals surface area contributed by atoms with Crippen LogP contribution >= 0.6 is 11.6 Å². The molecular formula is C25H27ClF2N4O2. The zero-order chi connectivity index (χ0) is 24.3. The van der Waals surface area contributed by atoms with Gasteiger partial charge in [-0.25, -0.2) is 13.8 Å². The molecule has 9 heteroatoms. The van der Waals surface area contributed by atoms with Crippen molar-refractivity contribution < 1.29 is 18.7 Å². The van der Waals surface area contributed by atoms with Crippen LogP contribution in [-0.2, 0) is 10.3 Å². The number of rotatable bonds is 4. The molecule has 5 rings (SSSR count). The minimum Gasteiger partial charge on any atom is -0.387 e. The standard InChI is InChI=1S/C25H27ClF2N4O2/c1-24(12-21(34)32(23(29)31-24)16-9-10-25(27,28)20(33)11-16)18-4-2-3-17(22(18)26)15-7-8-19(30-13-15)14-5-6-14/h2-4,7-8,13-14,16,20,33H,5-6,9-12H2,1H3,(H2,29,31)/t16-,20-,24-/m0/s1. The number of alkyl halides is 2. The molecule has 1 aliphatic heterocycles. The lowest BCUT2D eigenvalue weighted by atomic mass is 9.84. The number of halogens is 3. The van der Waals surface area contributed by atoms with E-state index in [-0.39, 0.29) is 31.1 Å². The van der Waals surface area contributed by atoms with Crippen molar-refractivity contribution in [3.63, 3.8) is 0 Å². The number of hydrogen-bond acceptors (Lipinski definition) is 5. The van der Waals surface area contributed by atoms with E-state index in [9.17, 15) is 18.7 Å². The molecule has 180 valence electrons. The fraction of sp³-hybridized carbons (Fsp3) is 0.480. The molecule has 34 heavy (non-hydrogen) atoms. The predicted octanol–water partition coefficient (Wildman–Crippen LogP) is 4.59. The molecule has 2 heterocycles.